The normalized spacial score (nSPS) is 30.1. The molecular formula is C10H21NO2S. The van der Waals surface area contributed by atoms with Crippen molar-refractivity contribution in [3.8, 4) is 0 Å². The van der Waals surface area contributed by atoms with Gasteiger partial charge in [0, 0.05) is 12.6 Å². The molecule has 1 rings (SSSR count). The lowest BCUT2D eigenvalue weighted by Gasteiger charge is -2.26. The molecule has 2 atom stereocenters. The van der Waals surface area contributed by atoms with Gasteiger partial charge < -0.3 is 0 Å². The van der Waals surface area contributed by atoms with Crippen molar-refractivity contribution in [3.63, 3.8) is 0 Å². The molecule has 0 aliphatic carbocycles. The van der Waals surface area contributed by atoms with Gasteiger partial charge in [0.2, 0.25) is 10.0 Å². The number of hydrogen-bond donors (Lipinski definition) is 0. The summed E-state index contributed by atoms with van der Waals surface area (Å²) in [6, 6.07) is 0.224. The SMILES string of the molecule is CCC1C(C)CCN1S(=O)(=O)C(C)C. The Morgan fingerprint density at radius 2 is 2.00 bits per heavy atom. The summed E-state index contributed by atoms with van der Waals surface area (Å²) in [5.74, 6) is 0.508. The van der Waals surface area contributed by atoms with Crippen LogP contribution in [0.3, 0.4) is 0 Å². The van der Waals surface area contributed by atoms with Crippen LogP contribution in [-0.4, -0.2) is 30.6 Å². The molecule has 1 aliphatic rings. The molecule has 0 aromatic carbocycles. The van der Waals surface area contributed by atoms with E-state index >= 15 is 0 Å². The zero-order valence-electron chi connectivity index (χ0n) is 9.53. The third-order valence-corrected chi connectivity index (χ3v) is 5.47. The Hall–Kier alpha value is -0.0900. The summed E-state index contributed by atoms with van der Waals surface area (Å²) in [5, 5.41) is -0.290. The molecule has 0 radical (unpaired) electrons. The number of rotatable bonds is 3. The van der Waals surface area contributed by atoms with Crippen LogP contribution in [0.25, 0.3) is 0 Å². The van der Waals surface area contributed by atoms with Gasteiger partial charge in [0.1, 0.15) is 0 Å². The highest BCUT2D eigenvalue weighted by Gasteiger charge is 2.38. The van der Waals surface area contributed by atoms with Crippen molar-refractivity contribution in [1.82, 2.24) is 4.31 Å². The van der Waals surface area contributed by atoms with Gasteiger partial charge in [0.25, 0.3) is 0 Å². The maximum absolute atomic E-state index is 12.0. The summed E-state index contributed by atoms with van der Waals surface area (Å²) in [6.07, 6.45) is 1.93. The Balaban J connectivity index is 2.89. The van der Waals surface area contributed by atoms with Crippen LogP contribution in [0.4, 0.5) is 0 Å². The highest BCUT2D eigenvalue weighted by atomic mass is 32.2. The van der Waals surface area contributed by atoms with E-state index in [-0.39, 0.29) is 11.3 Å². The maximum atomic E-state index is 12.0. The molecule has 84 valence electrons. The molecule has 2 unspecified atom stereocenters. The lowest BCUT2D eigenvalue weighted by Crippen LogP contribution is -2.40. The van der Waals surface area contributed by atoms with E-state index in [1.165, 1.54) is 0 Å². The van der Waals surface area contributed by atoms with E-state index in [1.54, 1.807) is 18.2 Å². The minimum atomic E-state index is -3.04. The van der Waals surface area contributed by atoms with Crippen LogP contribution in [0.5, 0.6) is 0 Å². The van der Waals surface area contributed by atoms with Crippen LogP contribution in [-0.2, 0) is 10.0 Å². The molecule has 3 nitrogen and oxygen atoms in total. The van der Waals surface area contributed by atoms with Gasteiger partial charge in [-0.2, -0.15) is 4.31 Å². The molecule has 0 amide bonds. The average Bonchev–Trinajstić information content (AvgIpc) is 2.46. The Kier molecular flexibility index (Phi) is 3.58. The Bertz CT molecular complexity index is 284. The summed E-state index contributed by atoms with van der Waals surface area (Å²) in [4.78, 5) is 0. The first kappa shape index (κ1) is 12.0. The molecule has 0 aromatic rings. The maximum Gasteiger partial charge on any atom is 0.216 e. The smallest absolute Gasteiger partial charge is 0.212 e. The van der Waals surface area contributed by atoms with E-state index in [9.17, 15) is 8.42 Å². The molecule has 4 heteroatoms. The second-order valence-corrected chi connectivity index (χ2v) is 6.89. The minimum Gasteiger partial charge on any atom is -0.212 e. The monoisotopic (exact) mass is 219 g/mol. The van der Waals surface area contributed by atoms with Crippen molar-refractivity contribution in [2.75, 3.05) is 6.54 Å². The van der Waals surface area contributed by atoms with Crippen LogP contribution in [0, 0.1) is 5.92 Å². The summed E-state index contributed by atoms with van der Waals surface area (Å²) in [6.45, 7) is 8.43. The fourth-order valence-electron chi connectivity index (χ4n) is 2.17. The molecule has 0 aromatic heterocycles. The van der Waals surface area contributed by atoms with Gasteiger partial charge in [-0.3, -0.25) is 0 Å². The summed E-state index contributed by atoms with van der Waals surface area (Å²) in [7, 11) is -3.04. The van der Waals surface area contributed by atoms with Gasteiger partial charge in [0.05, 0.1) is 5.25 Å². The second-order valence-electron chi connectivity index (χ2n) is 4.45. The fraction of sp³-hybridized carbons (Fsp3) is 1.00. The third-order valence-electron chi connectivity index (χ3n) is 3.17. The molecule has 0 spiro atoms. The highest BCUT2D eigenvalue weighted by molar-refractivity contribution is 7.89. The van der Waals surface area contributed by atoms with Crippen molar-refractivity contribution in [2.45, 2.75) is 51.8 Å². The second kappa shape index (κ2) is 4.19. The van der Waals surface area contributed by atoms with Crippen LogP contribution in [0.2, 0.25) is 0 Å². The molecule has 1 aliphatic heterocycles. The summed E-state index contributed by atoms with van der Waals surface area (Å²) >= 11 is 0. The van der Waals surface area contributed by atoms with Crippen LogP contribution >= 0.6 is 0 Å². The number of hydrogen-bond acceptors (Lipinski definition) is 2. The van der Waals surface area contributed by atoms with Crippen molar-refractivity contribution in [2.24, 2.45) is 5.92 Å². The zero-order chi connectivity index (χ0) is 10.9. The lowest BCUT2D eigenvalue weighted by atomic mass is 10.0. The van der Waals surface area contributed by atoms with Crippen molar-refractivity contribution >= 4 is 10.0 Å². The zero-order valence-corrected chi connectivity index (χ0v) is 10.3. The van der Waals surface area contributed by atoms with Gasteiger partial charge >= 0.3 is 0 Å². The van der Waals surface area contributed by atoms with Gasteiger partial charge in [-0.1, -0.05) is 13.8 Å². The van der Waals surface area contributed by atoms with E-state index in [4.69, 9.17) is 0 Å². The Labute approximate surface area is 87.5 Å². The van der Waals surface area contributed by atoms with Crippen LogP contribution in [0.15, 0.2) is 0 Å². The van der Waals surface area contributed by atoms with Crippen LogP contribution < -0.4 is 0 Å². The molecular weight excluding hydrogens is 198 g/mol. The first-order valence-electron chi connectivity index (χ1n) is 5.42. The molecule has 0 saturated carbocycles. The standard InChI is InChI=1S/C10H21NO2S/c1-5-10-9(4)6-7-11(10)14(12,13)8(2)3/h8-10H,5-7H2,1-4H3. The van der Waals surface area contributed by atoms with E-state index in [2.05, 4.69) is 13.8 Å². The minimum absolute atomic E-state index is 0.224. The fourth-order valence-corrected chi connectivity index (χ4v) is 3.80. The van der Waals surface area contributed by atoms with Gasteiger partial charge in [0.15, 0.2) is 0 Å². The van der Waals surface area contributed by atoms with Crippen LogP contribution in [0.1, 0.15) is 40.5 Å². The molecule has 1 fully saturated rings. The lowest BCUT2D eigenvalue weighted by molar-refractivity contribution is 0.336. The molecule has 14 heavy (non-hydrogen) atoms. The largest absolute Gasteiger partial charge is 0.216 e. The molecule has 1 saturated heterocycles. The van der Waals surface area contributed by atoms with E-state index in [0.29, 0.717) is 12.5 Å². The first-order valence-corrected chi connectivity index (χ1v) is 6.92. The highest BCUT2D eigenvalue weighted by Crippen LogP contribution is 2.30. The predicted octanol–water partition coefficient (Wildman–Crippen LogP) is 1.84. The van der Waals surface area contributed by atoms with Gasteiger partial charge in [-0.05, 0) is 32.6 Å². The van der Waals surface area contributed by atoms with Gasteiger partial charge in [-0.25, -0.2) is 8.42 Å². The van der Waals surface area contributed by atoms with Crippen molar-refractivity contribution in [3.05, 3.63) is 0 Å². The molecule has 1 heterocycles. The summed E-state index contributed by atoms with van der Waals surface area (Å²) < 4.78 is 25.7. The first-order chi connectivity index (χ1) is 6.41. The average molecular weight is 219 g/mol. The van der Waals surface area contributed by atoms with Crippen molar-refractivity contribution in [1.29, 1.82) is 0 Å². The number of nitrogens with zero attached hydrogens (tertiary/aromatic N) is 1. The third kappa shape index (κ3) is 1.96. The van der Waals surface area contributed by atoms with E-state index in [1.807, 2.05) is 0 Å². The van der Waals surface area contributed by atoms with E-state index in [0.717, 1.165) is 12.8 Å². The number of sulfonamides is 1. The predicted molar refractivity (Wildman–Crippen MR) is 58.6 cm³/mol. The Morgan fingerprint density at radius 3 is 2.43 bits per heavy atom. The topological polar surface area (TPSA) is 37.4 Å². The summed E-state index contributed by atoms with van der Waals surface area (Å²) in [5.41, 5.74) is 0. The quantitative estimate of drug-likeness (QED) is 0.726. The molecule has 0 N–H and O–H groups in total. The Morgan fingerprint density at radius 1 is 1.43 bits per heavy atom. The van der Waals surface area contributed by atoms with Crippen molar-refractivity contribution < 1.29 is 8.42 Å². The van der Waals surface area contributed by atoms with E-state index < -0.39 is 10.0 Å². The van der Waals surface area contributed by atoms with Gasteiger partial charge in [-0.15, -0.1) is 0 Å². The molecule has 0 bridgehead atoms.